The number of ether oxygens (including phenoxy) is 1. The Hall–Kier alpha value is -1.94. The van der Waals surface area contributed by atoms with Gasteiger partial charge in [-0.05, 0) is 6.07 Å². The molecule has 82 valence electrons. The summed E-state index contributed by atoms with van der Waals surface area (Å²) in [7, 11) is 1.24. The predicted molar refractivity (Wildman–Crippen MR) is 58.7 cm³/mol. The van der Waals surface area contributed by atoms with Crippen LogP contribution in [0.5, 0.6) is 0 Å². The quantitative estimate of drug-likeness (QED) is 0.773. The molecule has 0 aliphatic heterocycles. The fourth-order valence-electron chi connectivity index (χ4n) is 1.59. The molecule has 2 aromatic rings. The first-order valence-corrected chi connectivity index (χ1v) is 4.83. The molecule has 2 rings (SSSR count). The highest BCUT2D eigenvalue weighted by atomic mass is 16.5. The molecule has 1 unspecified atom stereocenters. The number of aliphatic hydroxyl groups excluding tert-OH is 1. The van der Waals surface area contributed by atoms with Crippen molar-refractivity contribution < 1.29 is 14.6 Å². The van der Waals surface area contributed by atoms with Gasteiger partial charge in [-0.2, -0.15) is 0 Å². The zero-order valence-corrected chi connectivity index (χ0v) is 8.75. The highest BCUT2D eigenvalue weighted by Crippen LogP contribution is 2.22. The number of aliphatic hydroxyl groups is 1. The van der Waals surface area contributed by atoms with Gasteiger partial charge in [-0.15, -0.1) is 0 Å². The van der Waals surface area contributed by atoms with Crippen molar-refractivity contribution in [3.8, 4) is 0 Å². The van der Waals surface area contributed by atoms with Crippen LogP contribution in [0.1, 0.15) is 11.7 Å². The van der Waals surface area contributed by atoms with Crippen LogP contribution >= 0.6 is 0 Å². The van der Waals surface area contributed by atoms with Gasteiger partial charge in [0.2, 0.25) is 0 Å². The lowest BCUT2D eigenvalue weighted by molar-refractivity contribution is -0.150. The Morgan fingerprint density at radius 1 is 1.38 bits per heavy atom. The second-order valence-electron chi connectivity index (χ2n) is 3.35. The summed E-state index contributed by atoms with van der Waals surface area (Å²) < 4.78 is 4.50. The van der Waals surface area contributed by atoms with E-state index >= 15 is 0 Å². The average molecular weight is 217 g/mol. The van der Waals surface area contributed by atoms with Gasteiger partial charge >= 0.3 is 5.97 Å². The molecule has 0 fully saturated rings. The Bertz CT molecular complexity index is 519. The third-order valence-corrected chi connectivity index (χ3v) is 2.38. The van der Waals surface area contributed by atoms with Crippen molar-refractivity contribution in [2.45, 2.75) is 6.10 Å². The highest BCUT2D eigenvalue weighted by molar-refractivity contribution is 5.87. The van der Waals surface area contributed by atoms with E-state index < -0.39 is 12.1 Å². The summed E-state index contributed by atoms with van der Waals surface area (Å²) in [4.78, 5) is 15.4. The van der Waals surface area contributed by atoms with Crippen molar-refractivity contribution in [2.24, 2.45) is 0 Å². The number of pyridine rings is 1. The highest BCUT2D eigenvalue weighted by Gasteiger charge is 2.20. The number of benzene rings is 1. The van der Waals surface area contributed by atoms with Crippen LogP contribution in [-0.2, 0) is 9.53 Å². The molecule has 0 spiro atoms. The molecule has 1 heterocycles. The SMILES string of the molecule is COC(=O)C(O)c1cccc2cccnc12. The van der Waals surface area contributed by atoms with Gasteiger partial charge < -0.3 is 9.84 Å². The first-order chi connectivity index (χ1) is 7.74. The topological polar surface area (TPSA) is 59.4 Å². The predicted octanol–water partition coefficient (Wildman–Crippen LogP) is 1.44. The summed E-state index contributed by atoms with van der Waals surface area (Å²) in [5, 5.41) is 10.7. The number of para-hydroxylation sites is 1. The minimum absolute atomic E-state index is 0.463. The van der Waals surface area contributed by atoms with Gasteiger partial charge in [0.15, 0.2) is 6.10 Å². The molecule has 1 aromatic carbocycles. The first-order valence-electron chi connectivity index (χ1n) is 4.83. The lowest BCUT2D eigenvalue weighted by Crippen LogP contribution is -2.14. The number of hydrogen-bond acceptors (Lipinski definition) is 4. The van der Waals surface area contributed by atoms with Gasteiger partial charge in [0, 0.05) is 17.1 Å². The summed E-state index contributed by atoms with van der Waals surface area (Å²) >= 11 is 0. The number of esters is 1. The third-order valence-electron chi connectivity index (χ3n) is 2.38. The third kappa shape index (κ3) is 1.75. The van der Waals surface area contributed by atoms with Gasteiger partial charge in [0.1, 0.15) is 0 Å². The molecule has 0 saturated heterocycles. The molecule has 1 N–H and O–H groups in total. The summed E-state index contributed by atoms with van der Waals surface area (Å²) in [6.45, 7) is 0. The van der Waals surface area contributed by atoms with E-state index in [2.05, 4.69) is 9.72 Å². The molecule has 0 bridgehead atoms. The van der Waals surface area contributed by atoms with Gasteiger partial charge in [0.25, 0.3) is 0 Å². The summed E-state index contributed by atoms with van der Waals surface area (Å²) in [6, 6.07) is 8.98. The van der Waals surface area contributed by atoms with Gasteiger partial charge in [-0.1, -0.05) is 24.3 Å². The molecular formula is C12H11NO3. The number of fused-ring (bicyclic) bond motifs is 1. The number of nitrogens with zero attached hydrogens (tertiary/aromatic N) is 1. The summed E-state index contributed by atoms with van der Waals surface area (Å²) in [6.07, 6.45) is 0.333. The molecule has 0 saturated carbocycles. The van der Waals surface area contributed by atoms with E-state index in [9.17, 15) is 9.90 Å². The van der Waals surface area contributed by atoms with Gasteiger partial charge in [0.05, 0.1) is 12.6 Å². The Labute approximate surface area is 92.5 Å². The summed E-state index contributed by atoms with van der Waals surface area (Å²) in [5.74, 6) is -0.682. The maximum absolute atomic E-state index is 11.3. The van der Waals surface area contributed by atoms with Crippen LogP contribution in [0.4, 0.5) is 0 Å². The molecule has 1 atom stereocenters. The van der Waals surface area contributed by atoms with Crippen LogP contribution in [0.15, 0.2) is 36.5 Å². The molecule has 1 aromatic heterocycles. The number of aromatic nitrogens is 1. The molecule has 0 aliphatic carbocycles. The molecule has 0 aliphatic rings. The van der Waals surface area contributed by atoms with E-state index in [0.29, 0.717) is 11.1 Å². The van der Waals surface area contributed by atoms with Crippen LogP contribution in [0.25, 0.3) is 10.9 Å². The smallest absolute Gasteiger partial charge is 0.339 e. The molecule has 4 heteroatoms. The molecule has 16 heavy (non-hydrogen) atoms. The first kappa shape index (κ1) is 10.6. The number of hydrogen-bond donors (Lipinski definition) is 1. The van der Waals surface area contributed by atoms with Crippen molar-refractivity contribution in [1.82, 2.24) is 4.98 Å². The maximum Gasteiger partial charge on any atom is 0.339 e. The Balaban J connectivity index is 2.56. The number of rotatable bonds is 2. The minimum Gasteiger partial charge on any atom is -0.467 e. The van der Waals surface area contributed by atoms with E-state index in [4.69, 9.17) is 0 Å². The number of carbonyl (C=O) groups is 1. The molecule has 0 amide bonds. The lowest BCUT2D eigenvalue weighted by atomic mass is 10.1. The van der Waals surface area contributed by atoms with Crippen molar-refractivity contribution >= 4 is 16.9 Å². The average Bonchev–Trinajstić information content (AvgIpc) is 2.36. The fraction of sp³-hybridized carbons (Fsp3) is 0.167. The van der Waals surface area contributed by atoms with Crippen LogP contribution in [0, 0.1) is 0 Å². The molecular weight excluding hydrogens is 206 g/mol. The lowest BCUT2D eigenvalue weighted by Gasteiger charge is -2.10. The van der Waals surface area contributed by atoms with Gasteiger partial charge in [-0.25, -0.2) is 4.79 Å². The van der Waals surface area contributed by atoms with Gasteiger partial charge in [-0.3, -0.25) is 4.98 Å². The van der Waals surface area contributed by atoms with Crippen LogP contribution in [0.3, 0.4) is 0 Å². The zero-order chi connectivity index (χ0) is 11.5. The van der Waals surface area contributed by atoms with Crippen LogP contribution < -0.4 is 0 Å². The van der Waals surface area contributed by atoms with E-state index in [1.807, 2.05) is 12.1 Å². The molecule has 0 radical (unpaired) electrons. The Morgan fingerprint density at radius 2 is 2.12 bits per heavy atom. The largest absolute Gasteiger partial charge is 0.467 e. The zero-order valence-electron chi connectivity index (χ0n) is 8.75. The Morgan fingerprint density at radius 3 is 2.88 bits per heavy atom. The van der Waals surface area contributed by atoms with E-state index in [0.717, 1.165) is 5.39 Å². The van der Waals surface area contributed by atoms with E-state index in [1.54, 1.807) is 24.4 Å². The van der Waals surface area contributed by atoms with Crippen molar-refractivity contribution in [3.63, 3.8) is 0 Å². The second kappa shape index (κ2) is 4.28. The minimum atomic E-state index is -1.29. The maximum atomic E-state index is 11.3. The number of carbonyl (C=O) groups excluding carboxylic acids is 1. The normalized spacial score (nSPS) is 12.4. The number of methoxy groups -OCH3 is 1. The fourth-order valence-corrected chi connectivity index (χ4v) is 1.59. The Kier molecular flexibility index (Phi) is 2.83. The second-order valence-corrected chi connectivity index (χ2v) is 3.35. The standard InChI is InChI=1S/C12H11NO3/c1-16-12(15)11(14)9-6-2-4-8-5-3-7-13-10(8)9/h2-7,11,14H,1H3. The monoisotopic (exact) mass is 217 g/mol. The van der Waals surface area contributed by atoms with E-state index in [-0.39, 0.29) is 0 Å². The van der Waals surface area contributed by atoms with E-state index in [1.165, 1.54) is 7.11 Å². The summed E-state index contributed by atoms with van der Waals surface area (Å²) in [5.41, 5.74) is 1.08. The molecule has 4 nitrogen and oxygen atoms in total. The van der Waals surface area contributed by atoms with Crippen molar-refractivity contribution in [2.75, 3.05) is 7.11 Å². The van der Waals surface area contributed by atoms with Crippen molar-refractivity contribution in [3.05, 3.63) is 42.1 Å². The van der Waals surface area contributed by atoms with Crippen LogP contribution in [-0.4, -0.2) is 23.2 Å². The van der Waals surface area contributed by atoms with Crippen LogP contribution in [0.2, 0.25) is 0 Å². The van der Waals surface area contributed by atoms with Crippen molar-refractivity contribution in [1.29, 1.82) is 0 Å².